The van der Waals surface area contributed by atoms with Crippen LogP contribution in [0.1, 0.15) is 36.6 Å². The molecular formula is C15H20N4O2S. The Labute approximate surface area is 131 Å². The Bertz CT molecular complexity index is 775. The Morgan fingerprint density at radius 1 is 1.23 bits per heavy atom. The number of sulfone groups is 1. The third-order valence-electron chi connectivity index (χ3n) is 3.26. The molecule has 22 heavy (non-hydrogen) atoms. The summed E-state index contributed by atoms with van der Waals surface area (Å²) in [7, 11) is -3.40. The van der Waals surface area contributed by atoms with E-state index in [1.54, 1.807) is 6.92 Å². The van der Waals surface area contributed by atoms with Gasteiger partial charge in [-0.25, -0.2) is 18.4 Å². The van der Waals surface area contributed by atoms with Crippen LogP contribution in [0.4, 0.5) is 5.82 Å². The van der Waals surface area contributed by atoms with Crippen LogP contribution < -0.4 is 5.32 Å². The summed E-state index contributed by atoms with van der Waals surface area (Å²) >= 11 is 0. The normalized spacial score (nSPS) is 12.9. The Kier molecular flexibility index (Phi) is 4.75. The first kappa shape index (κ1) is 16.4. The molecule has 0 aromatic carbocycles. The van der Waals surface area contributed by atoms with E-state index < -0.39 is 9.84 Å². The van der Waals surface area contributed by atoms with Crippen LogP contribution in [0.3, 0.4) is 0 Å². The Hall–Kier alpha value is -2.02. The lowest BCUT2D eigenvalue weighted by Gasteiger charge is -2.19. The van der Waals surface area contributed by atoms with Crippen molar-refractivity contribution in [3.05, 3.63) is 41.6 Å². The monoisotopic (exact) mass is 320 g/mol. The lowest BCUT2D eigenvalue weighted by atomic mass is 10.1. The minimum atomic E-state index is -3.40. The number of rotatable bonds is 5. The molecule has 7 heteroatoms. The summed E-state index contributed by atoms with van der Waals surface area (Å²) in [5.41, 5.74) is 1.78. The first-order chi connectivity index (χ1) is 10.3. The number of hydrogen-bond acceptors (Lipinski definition) is 6. The number of hydrogen-bond donors (Lipinski definition) is 1. The topological polar surface area (TPSA) is 84.8 Å². The van der Waals surface area contributed by atoms with Gasteiger partial charge in [0.15, 0.2) is 9.84 Å². The van der Waals surface area contributed by atoms with Gasteiger partial charge in [-0.15, -0.1) is 0 Å². The molecule has 0 radical (unpaired) electrons. The summed E-state index contributed by atoms with van der Waals surface area (Å²) < 4.78 is 23.8. The molecule has 1 N–H and O–H groups in total. The molecular weight excluding hydrogens is 300 g/mol. The molecule has 118 valence electrons. The summed E-state index contributed by atoms with van der Waals surface area (Å²) in [6, 6.07) is 5.66. The highest BCUT2D eigenvalue weighted by atomic mass is 32.2. The molecule has 2 rings (SSSR count). The largest absolute Gasteiger partial charge is 0.361 e. The predicted molar refractivity (Wildman–Crippen MR) is 85.5 cm³/mol. The van der Waals surface area contributed by atoms with Crippen molar-refractivity contribution in [1.29, 1.82) is 0 Å². The van der Waals surface area contributed by atoms with Gasteiger partial charge in [0.2, 0.25) is 0 Å². The zero-order valence-corrected chi connectivity index (χ0v) is 14.0. The molecule has 0 aliphatic carbocycles. The first-order valence-electron chi connectivity index (χ1n) is 7.05. The number of pyridine rings is 1. The fourth-order valence-corrected chi connectivity index (χ4v) is 2.84. The van der Waals surface area contributed by atoms with E-state index in [9.17, 15) is 8.42 Å². The number of aromatic nitrogens is 3. The molecule has 2 aromatic rings. The quantitative estimate of drug-likeness (QED) is 0.911. The lowest BCUT2D eigenvalue weighted by molar-refractivity contribution is 0.600. The van der Waals surface area contributed by atoms with Crippen LogP contribution >= 0.6 is 0 Å². The van der Waals surface area contributed by atoms with Crippen LogP contribution in [0.2, 0.25) is 0 Å². The van der Waals surface area contributed by atoms with E-state index in [1.807, 2.05) is 32.0 Å². The summed E-state index contributed by atoms with van der Waals surface area (Å²) in [6.07, 6.45) is 3.25. The van der Waals surface area contributed by atoms with Crippen molar-refractivity contribution in [2.24, 2.45) is 0 Å². The van der Waals surface area contributed by atoms with Gasteiger partial charge in [-0.05, 0) is 32.4 Å². The zero-order valence-electron chi connectivity index (χ0n) is 13.2. The number of anilines is 1. The minimum absolute atomic E-state index is 0.101. The Balaban J connectivity index is 2.42. The molecule has 0 amide bonds. The maximum Gasteiger partial charge on any atom is 0.180 e. The maximum absolute atomic E-state index is 11.9. The standard InChI is InChI=1S/C15H20N4O2S/c1-5-12(13-8-6-7-10(2)17-13)19-15-14(22(4,20)21)9-16-11(3)18-15/h6-9,12H,5H2,1-4H3,(H,16,18,19)/t12-/m1/s1. The van der Waals surface area contributed by atoms with Crippen molar-refractivity contribution in [1.82, 2.24) is 15.0 Å². The number of nitrogens with zero attached hydrogens (tertiary/aromatic N) is 3. The van der Waals surface area contributed by atoms with E-state index in [2.05, 4.69) is 20.3 Å². The van der Waals surface area contributed by atoms with Crippen molar-refractivity contribution in [3.63, 3.8) is 0 Å². The van der Waals surface area contributed by atoms with E-state index in [4.69, 9.17) is 0 Å². The zero-order chi connectivity index (χ0) is 16.3. The second kappa shape index (κ2) is 6.39. The highest BCUT2D eigenvalue weighted by Crippen LogP contribution is 2.25. The predicted octanol–water partition coefficient (Wildman–Crippen LogP) is 2.46. The number of aryl methyl sites for hydroxylation is 2. The third-order valence-corrected chi connectivity index (χ3v) is 4.36. The first-order valence-corrected chi connectivity index (χ1v) is 8.94. The van der Waals surface area contributed by atoms with Crippen LogP contribution in [-0.4, -0.2) is 29.6 Å². The summed E-state index contributed by atoms with van der Waals surface area (Å²) in [4.78, 5) is 12.8. The van der Waals surface area contributed by atoms with Gasteiger partial charge < -0.3 is 5.32 Å². The van der Waals surface area contributed by atoms with E-state index >= 15 is 0 Å². The van der Waals surface area contributed by atoms with Gasteiger partial charge in [0.25, 0.3) is 0 Å². The fraction of sp³-hybridized carbons (Fsp3) is 0.400. The SMILES string of the molecule is CC[C@@H](Nc1nc(C)ncc1S(C)(=O)=O)c1cccc(C)n1. The third kappa shape index (κ3) is 3.79. The second-order valence-corrected chi connectivity index (χ2v) is 7.20. The molecule has 6 nitrogen and oxygen atoms in total. The molecule has 0 fully saturated rings. The second-order valence-electron chi connectivity index (χ2n) is 5.21. The van der Waals surface area contributed by atoms with Crippen LogP contribution in [-0.2, 0) is 9.84 Å². The van der Waals surface area contributed by atoms with Crippen LogP contribution in [0.25, 0.3) is 0 Å². The molecule has 0 spiro atoms. The van der Waals surface area contributed by atoms with Gasteiger partial charge in [-0.2, -0.15) is 0 Å². The van der Waals surface area contributed by atoms with Gasteiger partial charge in [0.1, 0.15) is 16.5 Å². The van der Waals surface area contributed by atoms with Gasteiger partial charge in [0.05, 0.1) is 17.9 Å². The lowest BCUT2D eigenvalue weighted by Crippen LogP contribution is -2.16. The Morgan fingerprint density at radius 2 is 1.95 bits per heavy atom. The van der Waals surface area contributed by atoms with Gasteiger partial charge in [0, 0.05) is 11.9 Å². The maximum atomic E-state index is 11.9. The molecule has 0 saturated carbocycles. The van der Waals surface area contributed by atoms with E-state index in [-0.39, 0.29) is 10.9 Å². The molecule has 2 aromatic heterocycles. The van der Waals surface area contributed by atoms with Crippen molar-refractivity contribution in [2.45, 2.75) is 38.1 Å². The molecule has 1 atom stereocenters. The smallest absolute Gasteiger partial charge is 0.180 e. The van der Waals surface area contributed by atoms with Crippen molar-refractivity contribution in [2.75, 3.05) is 11.6 Å². The van der Waals surface area contributed by atoms with E-state index in [0.29, 0.717) is 11.6 Å². The molecule has 0 aliphatic rings. The number of nitrogens with one attached hydrogen (secondary N) is 1. The van der Waals surface area contributed by atoms with Crippen molar-refractivity contribution >= 4 is 15.7 Å². The average molecular weight is 320 g/mol. The van der Waals surface area contributed by atoms with Gasteiger partial charge in [-0.3, -0.25) is 4.98 Å². The van der Waals surface area contributed by atoms with Crippen molar-refractivity contribution in [3.8, 4) is 0 Å². The molecule has 2 heterocycles. The molecule has 0 bridgehead atoms. The summed E-state index contributed by atoms with van der Waals surface area (Å²) in [5.74, 6) is 0.840. The summed E-state index contributed by atoms with van der Waals surface area (Å²) in [5, 5.41) is 3.20. The Morgan fingerprint density at radius 3 is 2.55 bits per heavy atom. The van der Waals surface area contributed by atoms with E-state index in [1.165, 1.54) is 6.20 Å². The van der Waals surface area contributed by atoms with Gasteiger partial charge in [-0.1, -0.05) is 13.0 Å². The van der Waals surface area contributed by atoms with Gasteiger partial charge >= 0.3 is 0 Å². The molecule has 0 unspecified atom stereocenters. The highest BCUT2D eigenvalue weighted by Gasteiger charge is 2.19. The molecule has 0 saturated heterocycles. The summed E-state index contributed by atoms with van der Waals surface area (Å²) in [6.45, 7) is 5.66. The average Bonchev–Trinajstić information content (AvgIpc) is 2.43. The van der Waals surface area contributed by atoms with Crippen LogP contribution in [0.15, 0.2) is 29.3 Å². The van der Waals surface area contributed by atoms with Crippen molar-refractivity contribution < 1.29 is 8.42 Å². The van der Waals surface area contributed by atoms with E-state index in [0.717, 1.165) is 24.1 Å². The molecule has 0 aliphatic heterocycles. The minimum Gasteiger partial charge on any atom is -0.361 e. The fourth-order valence-electron chi connectivity index (χ4n) is 2.14. The van der Waals surface area contributed by atoms with Crippen LogP contribution in [0.5, 0.6) is 0 Å². The van der Waals surface area contributed by atoms with Crippen LogP contribution in [0, 0.1) is 13.8 Å². The highest BCUT2D eigenvalue weighted by molar-refractivity contribution is 7.90.